The molecule has 6 fully saturated rings. The molecule has 2 heteroatoms. The fraction of sp³-hybridized carbons (Fsp3) is 0.400. The minimum atomic E-state index is -0.132. The van der Waals surface area contributed by atoms with E-state index in [-0.39, 0.29) is 5.41 Å². The average Bonchev–Trinajstić information content (AvgIpc) is 3.93. The summed E-state index contributed by atoms with van der Waals surface area (Å²) in [6.45, 7) is 4.81. The second-order valence-corrected chi connectivity index (χ2v) is 18.8. The second kappa shape index (κ2) is 10.6. The molecule has 6 bridgehead atoms. The van der Waals surface area contributed by atoms with E-state index in [0.29, 0.717) is 5.41 Å². The first-order chi connectivity index (χ1) is 25.4. The van der Waals surface area contributed by atoms with Crippen LogP contribution in [0.1, 0.15) is 106 Å². The van der Waals surface area contributed by atoms with Gasteiger partial charge in [-0.2, -0.15) is 0 Å². The van der Waals surface area contributed by atoms with Gasteiger partial charge >= 0.3 is 0 Å². The highest BCUT2D eigenvalue weighted by Crippen LogP contribution is 2.61. The number of anilines is 3. The molecule has 6 aromatic rings. The van der Waals surface area contributed by atoms with E-state index in [4.69, 9.17) is 4.42 Å². The van der Waals surface area contributed by atoms with Crippen molar-refractivity contribution in [2.45, 2.75) is 94.8 Å². The standard InChI is InChI=1S/C50H49NO/c1-49(2)45-24-39(17-18-40(45)43-26-48-44(25-46(43)49)41-5-3-4-6-47(41)52-48)51(37-13-9-34(10-14-37)42-23-30-7-8-35(42)22-30)38-15-11-36(12-16-38)50-27-31-19-32(28-50)21-33(20-31)29-50/h3-6,9-18,24-26,30-33,35,42H,7-8,19-23,27-29H2,1-2H3. The number of rotatable bonds is 5. The molecule has 1 heterocycles. The Morgan fingerprint density at radius 1 is 0.558 bits per heavy atom. The number of nitrogens with zero attached hydrogens (tertiary/aromatic N) is 1. The lowest BCUT2D eigenvalue weighted by Crippen LogP contribution is -2.48. The van der Waals surface area contributed by atoms with Crippen molar-refractivity contribution in [1.29, 1.82) is 0 Å². The maximum Gasteiger partial charge on any atom is 0.136 e. The van der Waals surface area contributed by atoms with Crippen LogP contribution in [0, 0.1) is 29.6 Å². The van der Waals surface area contributed by atoms with Gasteiger partial charge in [-0.05, 0) is 187 Å². The van der Waals surface area contributed by atoms with Crippen LogP contribution in [0.4, 0.5) is 17.1 Å². The number of hydrogen-bond donors (Lipinski definition) is 0. The molecule has 0 amide bonds. The summed E-state index contributed by atoms with van der Waals surface area (Å²) in [7, 11) is 0. The molecule has 3 unspecified atom stereocenters. The summed E-state index contributed by atoms with van der Waals surface area (Å²) in [6, 6.07) is 40.1. The molecular formula is C50H49NO. The van der Waals surface area contributed by atoms with Gasteiger partial charge in [-0.25, -0.2) is 0 Å². The zero-order valence-corrected chi connectivity index (χ0v) is 30.7. The highest BCUT2D eigenvalue weighted by Gasteiger charge is 2.51. The minimum Gasteiger partial charge on any atom is -0.456 e. The van der Waals surface area contributed by atoms with Gasteiger partial charge in [-0.1, -0.05) is 68.8 Å². The smallest absolute Gasteiger partial charge is 0.136 e. The highest BCUT2D eigenvalue weighted by molar-refractivity contribution is 6.07. The van der Waals surface area contributed by atoms with Crippen LogP contribution in [0.3, 0.4) is 0 Å². The Balaban J connectivity index is 0.953. The summed E-state index contributed by atoms with van der Waals surface area (Å²) in [5.74, 6) is 5.47. The van der Waals surface area contributed by atoms with Crippen molar-refractivity contribution in [2.24, 2.45) is 29.6 Å². The van der Waals surface area contributed by atoms with Crippen molar-refractivity contribution >= 4 is 39.0 Å². The largest absolute Gasteiger partial charge is 0.456 e. The van der Waals surface area contributed by atoms with E-state index in [1.807, 2.05) is 0 Å². The Morgan fingerprint density at radius 2 is 1.23 bits per heavy atom. The van der Waals surface area contributed by atoms with Gasteiger partial charge in [-0.15, -0.1) is 0 Å². The summed E-state index contributed by atoms with van der Waals surface area (Å²) < 4.78 is 6.38. The topological polar surface area (TPSA) is 16.4 Å². The van der Waals surface area contributed by atoms with Gasteiger partial charge in [0, 0.05) is 33.2 Å². The van der Waals surface area contributed by atoms with Crippen molar-refractivity contribution in [1.82, 2.24) is 0 Å². The predicted octanol–water partition coefficient (Wildman–Crippen LogP) is 13.7. The second-order valence-electron chi connectivity index (χ2n) is 18.8. The SMILES string of the molecule is CC1(C)c2cc(N(c3ccc(C4CC5CCC4C5)cc3)c3ccc(C45CC6CC(CC(C6)C4)C5)cc3)ccc2-c2cc3oc4ccccc4c3cc21. The molecular weight excluding hydrogens is 631 g/mol. The molecule has 0 N–H and O–H groups in total. The number of fused-ring (bicyclic) bond motifs is 8. The molecule has 0 saturated heterocycles. The van der Waals surface area contributed by atoms with Crippen molar-refractivity contribution in [2.75, 3.05) is 4.90 Å². The molecule has 1 aromatic heterocycles. The first-order valence-electron chi connectivity index (χ1n) is 20.5. The van der Waals surface area contributed by atoms with Crippen LogP contribution in [-0.2, 0) is 10.8 Å². The van der Waals surface area contributed by atoms with E-state index in [2.05, 4.69) is 122 Å². The van der Waals surface area contributed by atoms with Gasteiger partial charge in [0.05, 0.1) is 0 Å². The van der Waals surface area contributed by atoms with E-state index in [1.165, 1.54) is 114 Å². The zero-order valence-electron chi connectivity index (χ0n) is 30.7. The summed E-state index contributed by atoms with van der Waals surface area (Å²) in [5.41, 5.74) is 14.5. The number of benzene rings is 5. The Labute approximate surface area is 308 Å². The van der Waals surface area contributed by atoms with Crippen LogP contribution in [0.5, 0.6) is 0 Å². The lowest BCUT2D eigenvalue weighted by molar-refractivity contribution is -0.00518. The molecule has 5 aromatic carbocycles. The zero-order chi connectivity index (χ0) is 34.3. The lowest BCUT2D eigenvalue weighted by Gasteiger charge is -2.57. The predicted molar refractivity (Wildman–Crippen MR) is 214 cm³/mol. The minimum absolute atomic E-state index is 0.132. The van der Waals surface area contributed by atoms with E-state index in [0.717, 1.165) is 46.7 Å². The average molecular weight is 680 g/mol. The first kappa shape index (κ1) is 30.2. The summed E-state index contributed by atoms with van der Waals surface area (Å²) >= 11 is 0. The van der Waals surface area contributed by atoms with Gasteiger partial charge < -0.3 is 9.32 Å². The fourth-order valence-electron chi connectivity index (χ4n) is 13.5. The van der Waals surface area contributed by atoms with Crippen LogP contribution in [0.15, 0.2) is 108 Å². The molecule has 0 radical (unpaired) electrons. The highest BCUT2D eigenvalue weighted by atomic mass is 16.3. The number of hydrogen-bond acceptors (Lipinski definition) is 2. The van der Waals surface area contributed by atoms with Gasteiger partial charge in [0.15, 0.2) is 0 Å². The molecule has 7 aliphatic rings. The maximum atomic E-state index is 6.38. The van der Waals surface area contributed by atoms with Gasteiger partial charge in [0.1, 0.15) is 11.2 Å². The molecule has 0 spiro atoms. The van der Waals surface area contributed by atoms with Crippen LogP contribution in [0.25, 0.3) is 33.1 Å². The Kier molecular flexibility index (Phi) is 6.18. The molecule has 52 heavy (non-hydrogen) atoms. The monoisotopic (exact) mass is 679 g/mol. The Bertz CT molecular complexity index is 2360. The summed E-state index contributed by atoms with van der Waals surface area (Å²) in [6.07, 6.45) is 14.4. The third-order valence-corrected chi connectivity index (χ3v) is 15.5. The maximum absolute atomic E-state index is 6.38. The van der Waals surface area contributed by atoms with Gasteiger partial charge in [0.2, 0.25) is 0 Å². The third kappa shape index (κ3) is 4.30. The molecule has 7 aliphatic carbocycles. The van der Waals surface area contributed by atoms with Crippen LogP contribution in [0.2, 0.25) is 0 Å². The van der Waals surface area contributed by atoms with Crippen molar-refractivity contribution in [3.8, 4) is 11.1 Å². The molecule has 3 atom stereocenters. The van der Waals surface area contributed by atoms with E-state index in [9.17, 15) is 0 Å². The van der Waals surface area contributed by atoms with E-state index >= 15 is 0 Å². The number of furan rings is 1. The molecule has 0 aliphatic heterocycles. The molecule has 13 rings (SSSR count). The van der Waals surface area contributed by atoms with Crippen LogP contribution >= 0.6 is 0 Å². The van der Waals surface area contributed by atoms with Crippen molar-refractivity contribution in [3.63, 3.8) is 0 Å². The Morgan fingerprint density at radius 3 is 1.92 bits per heavy atom. The molecule has 2 nitrogen and oxygen atoms in total. The number of para-hydroxylation sites is 1. The van der Waals surface area contributed by atoms with Crippen molar-refractivity contribution in [3.05, 3.63) is 125 Å². The molecule has 6 saturated carbocycles. The van der Waals surface area contributed by atoms with Gasteiger partial charge in [-0.3, -0.25) is 0 Å². The van der Waals surface area contributed by atoms with Crippen LogP contribution in [-0.4, -0.2) is 0 Å². The van der Waals surface area contributed by atoms with E-state index in [1.54, 1.807) is 11.1 Å². The molecule has 260 valence electrons. The summed E-state index contributed by atoms with van der Waals surface area (Å²) in [4.78, 5) is 2.53. The quantitative estimate of drug-likeness (QED) is 0.180. The van der Waals surface area contributed by atoms with Crippen molar-refractivity contribution < 1.29 is 4.42 Å². The van der Waals surface area contributed by atoms with Gasteiger partial charge in [0.25, 0.3) is 0 Å². The normalized spacial score (nSPS) is 30.3. The first-order valence-corrected chi connectivity index (χ1v) is 20.5. The van der Waals surface area contributed by atoms with Crippen LogP contribution < -0.4 is 4.90 Å². The Hall–Kier alpha value is -4.30. The summed E-state index contributed by atoms with van der Waals surface area (Å²) in [5, 5.41) is 2.41. The third-order valence-electron chi connectivity index (χ3n) is 15.5. The lowest BCUT2D eigenvalue weighted by atomic mass is 9.48. The van der Waals surface area contributed by atoms with E-state index < -0.39 is 0 Å². The fourth-order valence-corrected chi connectivity index (χ4v) is 13.5.